The van der Waals surface area contributed by atoms with Gasteiger partial charge in [-0.05, 0) is 53.3 Å². The lowest BCUT2D eigenvalue weighted by atomic mass is 9.76. The van der Waals surface area contributed by atoms with E-state index in [1.54, 1.807) is 0 Å². The molecule has 0 saturated heterocycles. The molecule has 0 aromatic heterocycles. The van der Waals surface area contributed by atoms with Gasteiger partial charge in [0, 0.05) is 5.56 Å². The average Bonchev–Trinajstić information content (AvgIpc) is 2.53. The molecule has 0 spiro atoms. The summed E-state index contributed by atoms with van der Waals surface area (Å²) in [5.41, 5.74) is 2.69. The highest BCUT2D eigenvalue weighted by atomic mass is 35.5. The molecule has 1 aromatic rings. The number of carbonyl (C=O) groups excluding carboxylic acids is 1. The third-order valence-corrected chi connectivity index (χ3v) is 5.55. The van der Waals surface area contributed by atoms with Crippen molar-refractivity contribution in [1.29, 1.82) is 0 Å². The van der Waals surface area contributed by atoms with Crippen molar-refractivity contribution in [3.63, 3.8) is 0 Å². The van der Waals surface area contributed by atoms with Crippen molar-refractivity contribution in [3.8, 4) is 5.75 Å². The third-order valence-electron chi connectivity index (χ3n) is 5.40. The molecular formula is C21H33ClO2. The maximum Gasteiger partial charge on any atom is 0.225 e. The molecule has 1 unspecified atom stereocenters. The minimum atomic E-state index is -0.345. The summed E-state index contributed by atoms with van der Waals surface area (Å²) in [5, 5.41) is -0.345. The molecule has 0 radical (unpaired) electrons. The Morgan fingerprint density at radius 3 is 2.12 bits per heavy atom. The van der Waals surface area contributed by atoms with E-state index < -0.39 is 0 Å². The molecule has 1 atom stereocenters. The van der Waals surface area contributed by atoms with Crippen molar-refractivity contribution < 1.29 is 9.53 Å². The van der Waals surface area contributed by atoms with E-state index in [-0.39, 0.29) is 28.6 Å². The predicted molar refractivity (Wildman–Crippen MR) is 103 cm³/mol. The Labute approximate surface area is 152 Å². The minimum absolute atomic E-state index is 0.0123. The molecule has 0 bridgehead atoms. The number of halogens is 1. The van der Waals surface area contributed by atoms with Crippen LogP contribution in [0.5, 0.6) is 5.75 Å². The molecule has 1 aromatic carbocycles. The molecule has 0 aliphatic rings. The standard InChI is InChI=1S/C21H33ClO2/c1-8-16(14-19(22)23)24-18-12-11-15(20(4,5)9-2)13-17(18)21(6,7)10-3/h11-13,16H,8-10,14H2,1-7H3. The van der Waals surface area contributed by atoms with Crippen LogP contribution in [0.25, 0.3) is 0 Å². The van der Waals surface area contributed by atoms with E-state index in [9.17, 15) is 4.79 Å². The van der Waals surface area contributed by atoms with Crippen LogP contribution in [-0.4, -0.2) is 11.3 Å². The molecular weight excluding hydrogens is 320 g/mol. The lowest BCUT2D eigenvalue weighted by Crippen LogP contribution is -2.24. The Morgan fingerprint density at radius 2 is 1.67 bits per heavy atom. The van der Waals surface area contributed by atoms with Crippen LogP contribution in [0.15, 0.2) is 18.2 Å². The first-order valence-electron chi connectivity index (χ1n) is 9.07. The van der Waals surface area contributed by atoms with Crippen LogP contribution in [0.4, 0.5) is 0 Å². The Morgan fingerprint density at radius 1 is 1.08 bits per heavy atom. The fourth-order valence-corrected chi connectivity index (χ4v) is 2.78. The van der Waals surface area contributed by atoms with E-state index in [2.05, 4.69) is 59.7 Å². The Kier molecular flexibility index (Phi) is 7.34. The van der Waals surface area contributed by atoms with Gasteiger partial charge in [0.15, 0.2) is 0 Å². The summed E-state index contributed by atoms with van der Waals surface area (Å²) in [6.07, 6.45) is 2.92. The van der Waals surface area contributed by atoms with E-state index >= 15 is 0 Å². The smallest absolute Gasteiger partial charge is 0.225 e. The zero-order valence-corrected chi connectivity index (χ0v) is 17.1. The van der Waals surface area contributed by atoms with Crippen molar-refractivity contribution >= 4 is 16.8 Å². The molecule has 24 heavy (non-hydrogen) atoms. The highest BCUT2D eigenvalue weighted by molar-refractivity contribution is 6.63. The Bertz CT molecular complexity index is 561. The quantitative estimate of drug-likeness (QED) is 0.482. The van der Waals surface area contributed by atoms with E-state index in [4.69, 9.17) is 16.3 Å². The van der Waals surface area contributed by atoms with Gasteiger partial charge >= 0.3 is 0 Å². The fourth-order valence-electron chi connectivity index (χ4n) is 2.61. The summed E-state index contributed by atoms with van der Waals surface area (Å²) >= 11 is 5.56. The molecule has 0 N–H and O–H groups in total. The number of ether oxygens (including phenoxy) is 1. The average molecular weight is 353 g/mol. The van der Waals surface area contributed by atoms with Crippen LogP contribution >= 0.6 is 11.6 Å². The van der Waals surface area contributed by atoms with Gasteiger partial charge in [0.1, 0.15) is 11.9 Å². The second-order valence-corrected chi connectivity index (χ2v) is 8.31. The van der Waals surface area contributed by atoms with Gasteiger partial charge in [0.25, 0.3) is 0 Å². The summed E-state index contributed by atoms with van der Waals surface area (Å²) in [6, 6.07) is 6.52. The number of hydrogen-bond acceptors (Lipinski definition) is 2. The normalized spacial score (nSPS) is 13.7. The zero-order chi connectivity index (χ0) is 18.5. The van der Waals surface area contributed by atoms with Gasteiger partial charge in [-0.15, -0.1) is 0 Å². The van der Waals surface area contributed by atoms with Crippen LogP contribution in [-0.2, 0) is 15.6 Å². The predicted octanol–water partition coefficient (Wildman–Crippen LogP) is 6.37. The van der Waals surface area contributed by atoms with Crippen LogP contribution in [0.3, 0.4) is 0 Å². The number of carbonyl (C=O) groups is 1. The Hall–Kier alpha value is -1.02. The lowest BCUT2D eigenvalue weighted by molar-refractivity contribution is -0.113. The van der Waals surface area contributed by atoms with Crippen LogP contribution in [0.1, 0.15) is 85.3 Å². The number of hydrogen-bond donors (Lipinski definition) is 0. The van der Waals surface area contributed by atoms with Crippen molar-refractivity contribution in [2.75, 3.05) is 0 Å². The zero-order valence-electron chi connectivity index (χ0n) is 16.3. The van der Waals surface area contributed by atoms with Gasteiger partial charge in [-0.2, -0.15) is 0 Å². The van der Waals surface area contributed by atoms with Gasteiger partial charge < -0.3 is 4.74 Å². The molecule has 3 heteroatoms. The van der Waals surface area contributed by atoms with Gasteiger partial charge in [0.2, 0.25) is 5.24 Å². The maximum atomic E-state index is 11.3. The van der Waals surface area contributed by atoms with E-state index in [1.165, 1.54) is 11.1 Å². The molecule has 0 aliphatic carbocycles. The van der Waals surface area contributed by atoms with Crippen molar-refractivity contribution in [2.24, 2.45) is 0 Å². The number of rotatable bonds is 9. The molecule has 0 saturated carbocycles. The molecule has 2 nitrogen and oxygen atoms in total. The van der Waals surface area contributed by atoms with Crippen molar-refractivity contribution in [3.05, 3.63) is 29.3 Å². The monoisotopic (exact) mass is 352 g/mol. The molecule has 0 aliphatic heterocycles. The van der Waals surface area contributed by atoms with E-state index in [0.29, 0.717) is 0 Å². The van der Waals surface area contributed by atoms with E-state index in [1.807, 2.05) is 6.92 Å². The first kappa shape index (κ1) is 21.0. The minimum Gasteiger partial charge on any atom is -0.490 e. The van der Waals surface area contributed by atoms with Gasteiger partial charge in [-0.25, -0.2) is 0 Å². The first-order valence-corrected chi connectivity index (χ1v) is 9.45. The van der Waals surface area contributed by atoms with Crippen LogP contribution < -0.4 is 4.74 Å². The highest BCUT2D eigenvalue weighted by Gasteiger charge is 2.27. The number of benzene rings is 1. The summed E-state index contributed by atoms with van der Waals surface area (Å²) < 4.78 is 6.19. The van der Waals surface area contributed by atoms with Crippen LogP contribution in [0, 0.1) is 0 Å². The summed E-state index contributed by atoms with van der Waals surface area (Å²) in [5.74, 6) is 0.877. The SMILES string of the molecule is CCC(CC(=O)Cl)Oc1ccc(C(C)(C)CC)cc1C(C)(C)CC. The molecule has 0 amide bonds. The fraction of sp³-hybridized carbons (Fsp3) is 0.667. The highest BCUT2D eigenvalue weighted by Crippen LogP contribution is 2.39. The van der Waals surface area contributed by atoms with Crippen molar-refractivity contribution in [1.82, 2.24) is 0 Å². The van der Waals surface area contributed by atoms with Gasteiger partial charge in [-0.3, -0.25) is 4.79 Å². The molecule has 1 rings (SSSR count). The first-order chi connectivity index (χ1) is 11.1. The van der Waals surface area contributed by atoms with E-state index in [0.717, 1.165) is 25.0 Å². The second-order valence-electron chi connectivity index (χ2n) is 7.89. The van der Waals surface area contributed by atoms with Crippen molar-refractivity contribution in [2.45, 2.75) is 91.1 Å². The lowest BCUT2D eigenvalue weighted by Gasteiger charge is -2.31. The molecule has 0 fully saturated rings. The Balaban J connectivity index is 3.31. The summed E-state index contributed by atoms with van der Waals surface area (Å²) in [7, 11) is 0. The summed E-state index contributed by atoms with van der Waals surface area (Å²) in [4.78, 5) is 11.3. The van der Waals surface area contributed by atoms with Gasteiger partial charge in [-0.1, -0.05) is 60.6 Å². The largest absolute Gasteiger partial charge is 0.490 e. The van der Waals surface area contributed by atoms with Crippen LogP contribution in [0.2, 0.25) is 0 Å². The molecule has 0 heterocycles. The molecule has 136 valence electrons. The third kappa shape index (κ3) is 5.24. The summed E-state index contributed by atoms with van der Waals surface area (Å²) in [6.45, 7) is 15.5. The topological polar surface area (TPSA) is 26.3 Å². The maximum absolute atomic E-state index is 11.3. The second kappa shape index (κ2) is 8.38. The van der Waals surface area contributed by atoms with Gasteiger partial charge in [0.05, 0.1) is 6.42 Å².